The second kappa shape index (κ2) is 13.8. The number of fused-ring (bicyclic) bond motifs is 3. The largest absolute Gasteiger partial charge is 0.309 e. The van der Waals surface area contributed by atoms with Gasteiger partial charge in [0, 0.05) is 33.2 Å². The molecule has 2 heterocycles. The molecule has 4 heteroatoms. The first kappa shape index (κ1) is 32.2. The Morgan fingerprint density at radius 3 is 1.33 bits per heavy atom. The van der Waals surface area contributed by atoms with Crippen molar-refractivity contribution in [1.82, 2.24) is 19.5 Å². The van der Waals surface area contributed by atoms with E-state index in [1.54, 1.807) is 0 Å². The minimum Gasteiger partial charge on any atom is -0.309 e. The fraction of sp³-hybridized carbons (Fsp3) is 0. The Morgan fingerprint density at radius 1 is 0.255 bits per heavy atom. The highest BCUT2D eigenvalue weighted by molar-refractivity contribution is 6.10. The maximum Gasteiger partial charge on any atom is 0.164 e. The Bertz CT molecular complexity index is 2950. The molecule has 0 aliphatic heterocycles. The molecule has 0 N–H and O–H groups in total. The molecule has 4 nitrogen and oxygen atoms in total. The van der Waals surface area contributed by atoms with Crippen molar-refractivity contribution in [1.29, 1.82) is 0 Å². The second-order valence-corrected chi connectivity index (χ2v) is 13.7. The Balaban J connectivity index is 1.07. The van der Waals surface area contributed by atoms with E-state index in [0.717, 1.165) is 44.5 Å². The van der Waals surface area contributed by atoms with E-state index in [0.29, 0.717) is 17.5 Å². The Hall–Kier alpha value is -7.43. The molecular weight excluding hydrogens is 669 g/mol. The molecule has 0 radical (unpaired) electrons. The predicted molar refractivity (Wildman–Crippen MR) is 227 cm³/mol. The van der Waals surface area contributed by atoms with Gasteiger partial charge < -0.3 is 4.57 Å². The van der Waals surface area contributed by atoms with Crippen molar-refractivity contribution in [2.45, 2.75) is 0 Å². The standard InChI is InChI=1S/C51H34N4/c1-4-14-35(15-5-1)40-20-12-21-41(32-40)37-26-28-39(29-27-37)50-52-49(38-18-8-3-9-19-38)53-51(54-50)43-22-13-23-44(33-43)55-47-25-11-10-24-45(47)46-31-30-42(34-48(46)55)36-16-6-2-7-17-36/h1-34H. The van der Waals surface area contributed by atoms with Crippen molar-refractivity contribution in [3.05, 3.63) is 206 Å². The summed E-state index contributed by atoms with van der Waals surface area (Å²) >= 11 is 0. The molecule has 0 atom stereocenters. The second-order valence-electron chi connectivity index (χ2n) is 13.7. The number of nitrogens with zero attached hydrogens (tertiary/aromatic N) is 4. The first-order valence-corrected chi connectivity index (χ1v) is 18.5. The summed E-state index contributed by atoms with van der Waals surface area (Å²) in [5.74, 6) is 1.88. The van der Waals surface area contributed by atoms with Crippen LogP contribution in [0, 0.1) is 0 Å². The molecule has 2 aromatic heterocycles. The lowest BCUT2D eigenvalue weighted by Gasteiger charge is -2.12. The van der Waals surface area contributed by atoms with Crippen LogP contribution in [-0.2, 0) is 0 Å². The number of hydrogen-bond donors (Lipinski definition) is 0. The van der Waals surface area contributed by atoms with E-state index in [2.05, 4.69) is 174 Å². The van der Waals surface area contributed by atoms with Crippen LogP contribution in [0.1, 0.15) is 0 Å². The molecule has 0 saturated heterocycles. The fourth-order valence-corrected chi connectivity index (χ4v) is 7.51. The Kier molecular flexibility index (Phi) is 8.12. The van der Waals surface area contributed by atoms with Gasteiger partial charge in [0.25, 0.3) is 0 Å². The Labute approximate surface area is 319 Å². The minimum atomic E-state index is 0.621. The minimum absolute atomic E-state index is 0.621. The maximum atomic E-state index is 5.12. The summed E-state index contributed by atoms with van der Waals surface area (Å²) in [6.45, 7) is 0. The molecule has 0 aliphatic rings. The van der Waals surface area contributed by atoms with Crippen LogP contribution in [0.3, 0.4) is 0 Å². The van der Waals surface area contributed by atoms with Gasteiger partial charge in [0.2, 0.25) is 0 Å². The highest BCUT2D eigenvalue weighted by Crippen LogP contribution is 2.36. The predicted octanol–water partition coefficient (Wildman–Crippen LogP) is 13.0. The van der Waals surface area contributed by atoms with Gasteiger partial charge in [-0.3, -0.25) is 0 Å². The topological polar surface area (TPSA) is 43.6 Å². The summed E-state index contributed by atoms with van der Waals surface area (Å²) < 4.78 is 2.35. The number of benzene rings is 8. The lowest BCUT2D eigenvalue weighted by Crippen LogP contribution is -2.01. The lowest BCUT2D eigenvalue weighted by molar-refractivity contribution is 1.07. The van der Waals surface area contributed by atoms with E-state index in [4.69, 9.17) is 15.0 Å². The average molecular weight is 703 g/mol. The molecule has 0 amide bonds. The van der Waals surface area contributed by atoms with Crippen molar-refractivity contribution in [2.24, 2.45) is 0 Å². The van der Waals surface area contributed by atoms with E-state index in [-0.39, 0.29) is 0 Å². The summed E-state index contributed by atoms with van der Waals surface area (Å²) in [5.41, 5.74) is 13.2. The monoisotopic (exact) mass is 702 g/mol. The molecule has 10 aromatic rings. The number of hydrogen-bond acceptors (Lipinski definition) is 3. The molecule has 8 aromatic carbocycles. The molecule has 258 valence electrons. The van der Waals surface area contributed by atoms with E-state index in [9.17, 15) is 0 Å². The summed E-state index contributed by atoms with van der Waals surface area (Å²) in [6.07, 6.45) is 0. The van der Waals surface area contributed by atoms with Gasteiger partial charge in [-0.25, -0.2) is 15.0 Å². The molecule has 0 spiro atoms. The first-order valence-electron chi connectivity index (χ1n) is 18.5. The third kappa shape index (κ3) is 6.16. The Morgan fingerprint density at radius 2 is 0.673 bits per heavy atom. The SMILES string of the molecule is c1ccc(-c2cccc(-c3ccc(-c4nc(-c5ccccc5)nc(-c5cccc(-n6c7ccccc7c7ccc(-c8ccccc8)cc76)c5)n4)cc3)c2)cc1. The highest BCUT2D eigenvalue weighted by Gasteiger charge is 2.17. The van der Waals surface area contributed by atoms with E-state index in [1.807, 2.05) is 36.4 Å². The summed E-state index contributed by atoms with van der Waals surface area (Å²) in [4.78, 5) is 15.2. The molecule has 0 bridgehead atoms. The zero-order valence-corrected chi connectivity index (χ0v) is 29.9. The normalized spacial score (nSPS) is 11.3. The third-order valence-electron chi connectivity index (χ3n) is 10.3. The van der Waals surface area contributed by atoms with Crippen molar-refractivity contribution >= 4 is 21.8 Å². The van der Waals surface area contributed by atoms with Gasteiger partial charge in [-0.15, -0.1) is 0 Å². The van der Waals surface area contributed by atoms with Crippen molar-refractivity contribution < 1.29 is 0 Å². The first-order chi connectivity index (χ1) is 27.2. The van der Waals surface area contributed by atoms with Crippen LogP contribution >= 0.6 is 0 Å². The van der Waals surface area contributed by atoms with E-state index >= 15 is 0 Å². The molecule has 0 fully saturated rings. The van der Waals surface area contributed by atoms with Gasteiger partial charge in [0.15, 0.2) is 17.5 Å². The summed E-state index contributed by atoms with van der Waals surface area (Å²) in [7, 11) is 0. The van der Waals surface area contributed by atoms with Crippen molar-refractivity contribution in [3.8, 4) is 73.2 Å². The molecular formula is C51H34N4. The van der Waals surface area contributed by atoms with Gasteiger partial charge in [-0.05, 0) is 63.7 Å². The van der Waals surface area contributed by atoms with Crippen LogP contribution in [0.5, 0.6) is 0 Å². The van der Waals surface area contributed by atoms with E-state index < -0.39 is 0 Å². The average Bonchev–Trinajstić information content (AvgIpc) is 3.61. The van der Waals surface area contributed by atoms with Crippen LogP contribution < -0.4 is 0 Å². The molecule has 0 unspecified atom stereocenters. The number of aromatic nitrogens is 4. The number of rotatable bonds is 7. The third-order valence-corrected chi connectivity index (χ3v) is 10.3. The quantitative estimate of drug-likeness (QED) is 0.166. The fourth-order valence-electron chi connectivity index (χ4n) is 7.51. The molecule has 55 heavy (non-hydrogen) atoms. The molecule has 0 saturated carbocycles. The van der Waals surface area contributed by atoms with Crippen LogP contribution in [-0.4, -0.2) is 19.5 Å². The zero-order chi connectivity index (χ0) is 36.6. The summed E-state index contributed by atoms with van der Waals surface area (Å²) in [6, 6.07) is 72.3. The lowest BCUT2D eigenvalue weighted by atomic mass is 9.98. The van der Waals surface area contributed by atoms with Crippen LogP contribution in [0.2, 0.25) is 0 Å². The van der Waals surface area contributed by atoms with Crippen LogP contribution in [0.15, 0.2) is 206 Å². The maximum absolute atomic E-state index is 5.12. The molecule has 0 aliphatic carbocycles. The van der Waals surface area contributed by atoms with Crippen LogP contribution in [0.25, 0.3) is 95.0 Å². The van der Waals surface area contributed by atoms with Gasteiger partial charge in [-0.1, -0.05) is 176 Å². The van der Waals surface area contributed by atoms with Crippen LogP contribution in [0.4, 0.5) is 0 Å². The number of para-hydroxylation sites is 1. The summed E-state index contributed by atoms with van der Waals surface area (Å²) in [5, 5.41) is 2.43. The smallest absolute Gasteiger partial charge is 0.164 e. The van der Waals surface area contributed by atoms with Gasteiger partial charge in [-0.2, -0.15) is 0 Å². The van der Waals surface area contributed by atoms with Gasteiger partial charge in [0.1, 0.15) is 0 Å². The van der Waals surface area contributed by atoms with Crippen molar-refractivity contribution in [3.63, 3.8) is 0 Å². The van der Waals surface area contributed by atoms with E-state index in [1.165, 1.54) is 33.0 Å². The molecule has 10 rings (SSSR count). The highest BCUT2D eigenvalue weighted by atomic mass is 15.0. The zero-order valence-electron chi connectivity index (χ0n) is 29.9. The van der Waals surface area contributed by atoms with Gasteiger partial charge in [0.05, 0.1) is 11.0 Å². The van der Waals surface area contributed by atoms with Crippen molar-refractivity contribution in [2.75, 3.05) is 0 Å². The van der Waals surface area contributed by atoms with Gasteiger partial charge >= 0.3 is 0 Å².